The van der Waals surface area contributed by atoms with Gasteiger partial charge in [-0.15, -0.1) is 23.2 Å². The SMILES string of the molecule is CCC(=O)N1CCN(C2NCNC3CC(Cl)C(C4CCC(Cl)CC4)CC32)CC1C(N)=O. The van der Waals surface area contributed by atoms with Gasteiger partial charge in [-0.1, -0.05) is 6.92 Å². The number of amides is 2. The summed E-state index contributed by atoms with van der Waals surface area (Å²) in [4.78, 5) is 28.5. The molecule has 0 bridgehead atoms. The molecule has 0 aromatic carbocycles. The molecule has 0 aromatic heterocycles. The van der Waals surface area contributed by atoms with Gasteiger partial charge in [-0.25, -0.2) is 0 Å². The minimum Gasteiger partial charge on any atom is -0.368 e. The highest BCUT2D eigenvalue weighted by Gasteiger charge is 2.47. The number of alkyl halides is 2. The lowest BCUT2D eigenvalue weighted by atomic mass is 9.67. The highest BCUT2D eigenvalue weighted by atomic mass is 35.5. The Morgan fingerprint density at radius 2 is 1.77 bits per heavy atom. The molecule has 4 N–H and O–H groups in total. The van der Waals surface area contributed by atoms with Crippen molar-refractivity contribution >= 4 is 35.0 Å². The summed E-state index contributed by atoms with van der Waals surface area (Å²) in [5.74, 6) is 1.16. The van der Waals surface area contributed by atoms with E-state index in [1.54, 1.807) is 4.90 Å². The van der Waals surface area contributed by atoms with E-state index in [1.165, 1.54) is 12.8 Å². The van der Waals surface area contributed by atoms with E-state index < -0.39 is 11.9 Å². The van der Waals surface area contributed by atoms with Gasteiger partial charge in [0.25, 0.3) is 0 Å². The normalized spacial score (nSPS) is 42.1. The van der Waals surface area contributed by atoms with E-state index in [9.17, 15) is 9.59 Å². The lowest BCUT2D eigenvalue weighted by Crippen LogP contribution is -2.70. The minimum atomic E-state index is -0.560. The summed E-state index contributed by atoms with van der Waals surface area (Å²) in [7, 11) is 0. The second-order valence-corrected chi connectivity index (χ2v) is 11.0. The molecule has 2 heterocycles. The van der Waals surface area contributed by atoms with Gasteiger partial charge in [0.1, 0.15) is 6.04 Å². The lowest BCUT2D eigenvalue weighted by Gasteiger charge is -2.53. The largest absolute Gasteiger partial charge is 0.368 e. The highest BCUT2D eigenvalue weighted by molar-refractivity contribution is 6.21. The Kier molecular flexibility index (Phi) is 7.69. The fourth-order valence-electron chi connectivity index (χ4n) is 6.44. The number of carbonyl (C=O) groups excluding carboxylic acids is 2. The first-order valence-electron chi connectivity index (χ1n) is 12.0. The van der Waals surface area contributed by atoms with Crippen LogP contribution in [-0.2, 0) is 9.59 Å². The lowest BCUT2D eigenvalue weighted by molar-refractivity contribution is -0.144. The van der Waals surface area contributed by atoms with Crippen LogP contribution in [0, 0.1) is 17.8 Å². The molecular weight excluding hydrogens is 437 g/mol. The van der Waals surface area contributed by atoms with E-state index in [1.807, 2.05) is 6.92 Å². The van der Waals surface area contributed by atoms with Crippen LogP contribution >= 0.6 is 23.2 Å². The smallest absolute Gasteiger partial charge is 0.241 e. The number of halogens is 2. The molecule has 0 aromatic rings. The van der Waals surface area contributed by atoms with Crippen molar-refractivity contribution in [3.63, 3.8) is 0 Å². The van der Waals surface area contributed by atoms with Crippen molar-refractivity contribution in [2.24, 2.45) is 23.5 Å². The third-order valence-corrected chi connectivity index (χ3v) is 9.09. The fraction of sp³-hybridized carbons (Fsp3) is 0.909. The zero-order valence-corrected chi connectivity index (χ0v) is 20.0. The molecule has 0 spiro atoms. The second-order valence-electron chi connectivity index (χ2n) is 9.82. The molecule has 4 rings (SSSR count). The molecule has 6 atom stereocenters. The number of primary amides is 1. The van der Waals surface area contributed by atoms with Gasteiger partial charge in [0, 0.05) is 55.4 Å². The van der Waals surface area contributed by atoms with E-state index in [-0.39, 0.29) is 17.5 Å². The molecule has 7 nitrogen and oxygen atoms in total. The van der Waals surface area contributed by atoms with Crippen molar-refractivity contribution < 1.29 is 9.59 Å². The van der Waals surface area contributed by atoms with E-state index in [4.69, 9.17) is 28.9 Å². The predicted molar refractivity (Wildman–Crippen MR) is 123 cm³/mol. The molecule has 2 aliphatic heterocycles. The van der Waals surface area contributed by atoms with Crippen LogP contribution in [0.25, 0.3) is 0 Å². The summed E-state index contributed by atoms with van der Waals surface area (Å²) in [6, 6.07) is -0.188. The summed E-state index contributed by atoms with van der Waals surface area (Å²) < 4.78 is 0. The summed E-state index contributed by atoms with van der Waals surface area (Å²) in [5.41, 5.74) is 5.70. The molecule has 2 aliphatic carbocycles. The van der Waals surface area contributed by atoms with Crippen LogP contribution in [-0.4, -0.2) is 76.9 Å². The van der Waals surface area contributed by atoms with E-state index >= 15 is 0 Å². The van der Waals surface area contributed by atoms with Crippen molar-refractivity contribution in [2.45, 2.75) is 80.9 Å². The molecule has 2 saturated carbocycles. The van der Waals surface area contributed by atoms with Crippen molar-refractivity contribution in [3.05, 3.63) is 0 Å². The topological polar surface area (TPSA) is 90.7 Å². The van der Waals surface area contributed by atoms with Crippen LogP contribution in [0.1, 0.15) is 51.9 Å². The first-order chi connectivity index (χ1) is 14.9. The van der Waals surface area contributed by atoms with Gasteiger partial charge >= 0.3 is 0 Å². The Morgan fingerprint density at radius 3 is 2.45 bits per heavy atom. The average molecular weight is 474 g/mol. The fourth-order valence-corrected chi connectivity index (χ4v) is 7.20. The van der Waals surface area contributed by atoms with Crippen LogP contribution in [0.15, 0.2) is 0 Å². The molecule has 6 unspecified atom stereocenters. The Morgan fingerprint density at radius 1 is 1.03 bits per heavy atom. The number of nitrogens with two attached hydrogens (primary N) is 1. The number of carbonyl (C=O) groups is 2. The quantitative estimate of drug-likeness (QED) is 0.540. The van der Waals surface area contributed by atoms with Gasteiger partial charge in [0.2, 0.25) is 11.8 Å². The molecule has 176 valence electrons. The summed E-state index contributed by atoms with van der Waals surface area (Å²) in [6.07, 6.45) is 7.15. The van der Waals surface area contributed by atoms with Crippen LogP contribution in [0.5, 0.6) is 0 Å². The molecular formula is C22H37Cl2N5O2. The van der Waals surface area contributed by atoms with Crippen LogP contribution in [0.2, 0.25) is 0 Å². The van der Waals surface area contributed by atoms with Gasteiger partial charge in [-0.05, 0) is 50.4 Å². The van der Waals surface area contributed by atoms with E-state index in [2.05, 4.69) is 15.5 Å². The number of nitrogens with zero attached hydrogens (tertiary/aromatic N) is 2. The Labute approximate surface area is 195 Å². The Balaban J connectivity index is 1.47. The number of rotatable bonds is 4. The van der Waals surface area contributed by atoms with Crippen molar-refractivity contribution in [3.8, 4) is 0 Å². The second kappa shape index (κ2) is 10.1. The maximum Gasteiger partial charge on any atom is 0.241 e. The third kappa shape index (κ3) is 5.01. The molecule has 9 heteroatoms. The minimum absolute atomic E-state index is 0.00259. The molecule has 31 heavy (non-hydrogen) atoms. The zero-order valence-electron chi connectivity index (χ0n) is 18.4. The highest BCUT2D eigenvalue weighted by Crippen LogP contribution is 2.45. The number of hydrogen-bond acceptors (Lipinski definition) is 5. The van der Waals surface area contributed by atoms with Gasteiger partial charge < -0.3 is 16.0 Å². The summed E-state index contributed by atoms with van der Waals surface area (Å²) >= 11 is 13.3. The molecule has 4 aliphatic rings. The Bertz CT molecular complexity index is 660. The maximum absolute atomic E-state index is 12.3. The standard InChI is InChI=1S/C22H37Cl2N5O2/c1-2-20(30)29-8-7-28(11-19(29)21(25)31)22-16-9-15(13-3-5-14(23)6-4-13)17(24)10-18(16)26-12-27-22/h13-19,22,26-27H,2-12H2,1H3,(H2,25,31). The Hall–Kier alpha value is -0.600. The summed E-state index contributed by atoms with van der Waals surface area (Å²) in [5, 5.41) is 7.78. The number of piperazine rings is 1. The van der Waals surface area contributed by atoms with Crippen molar-refractivity contribution in [2.75, 3.05) is 26.3 Å². The van der Waals surface area contributed by atoms with Crippen LogP contribution in [0.3, 0.4) is 0 Å². The van der Waals surface area contributed by atoms with E-state index in [0.29, 0.717) is 48.7 Å². The average Bonchev–Trinajstić information content (AvgIpc) is 2.78. The predicted octanol–water partition coefficient (Wildman–Crippen LogP) is 1.67. The molecule has 2 saturated heterocycles. The van der Waals surface area contributed by atoms with Gasteiger partial charge in [0.15, 0.2) is 0 Å². The van der Waals surface area contributed by atoms with Crippen molar-refractivity contribution in [1.29, 1.82) is 0 Å². The van der Waals surface area contributed by atoms with E-state index in [0.717, 1.165) is 38.9 Å². The van der Waals surface area contributed by atoms with Crippen LogP contribution in [0.4, 0.5) is 0 Å². The number of fused-ring (bicyclic) bond motifs is 1. The molecule has 2 amide bonds. The van der Waals surface area contributed by atoms with Crippen LogP contribution < -0.4 is 16.4 Å². The number of hydrogen-bond donors (Lipinski definition) is 3. The van der Waals surface area contributed by atoms with Gasteiger partial charge in [-0.3, -0.25) is 19.8 Å². The first kappa shape index (κ1) is 23.6. The maximum atomic E-state index is 12.3. The first-order valence-corrected chi connectivity index (χ1v) is 12.8. The van der Waals surface area contributed by atoms with Gasteiger partial charge in [-0.2, -0.15) is 0 Å². The zero-order chi connectivity index (χ0) is 22.1. The van der Waals surface area contributed by atoms with Gasteiger partial charge in [0.05, 0.1) is 6.17 Å². The van der Waals surface area contributed by atoms with Crippen molar-refractivity contribution in [1.82, 2.24) is 20.4 Å². The summed E-state index contributed by atoms with van der Waals surface area (Å²) in [6.45, 7) is 4.35. The monoisotopic (exact) mass is 473 g/mol. The molecule has 4 fully saturated rings. The molecule has 0 radical (unpaired) electrons. The number of nitrogens with one attached hydrogen (secondary N) is 2. The third-order valence-electron chi connectivity index (χ3n) is 8.15.